The molecule has 1 aliphatic rings. The summed E-state index contributed by atoms with van der Waals surface area (Å²) in [6.45, 7) is 2.56. The first-order chi connectivity index (χ1) is 13.2. The quantitative estimate of drug-likeness (QED) is 0.784. The highest BCUT2D eigenvalue weighted by Crippen LogP contribution is 2.16. The predicted molar refractivity (Wildman–Crippen MR) is 98.1 cm³/mol. The minimum Gasteiger partial charge on any atom is -0.497 e. The minimum absolute atomic E-state index is 0.0587. The van der Waals surface area contributed by atoms with Gasteiger partial charge in [-0.05, 0) is 17.7 Å². The van der Waals surface area contributed by atoms with Gasteiger partial charge >= 0.3 is 0 Å². The van der Waals surface area contributed by atoms with E-state index in [1.54, 1.807) is 35.3 Å². The van der Waals surface area contributed by atoms with Crippen molar-refractivity contribution in [1.29, 1.82) is 0 Å². The number of morpholine rings is 1. The highest BCUT2D eigenvalue weighted by atomic mass is 16.5. The lowest BCUT2D eigenvalue weighted by Crippen LogP contribution is -2.43. The summed E-state index contributed by atoms with van der Waals surface area (Å²) in [6, 6.07) is 6.84. The van der Waals surface area contributed by atoms with Gasteiger partial charge in [-0.15, -0.1) is 0 Å². The molecule has 0 bridgehead atoms. The zero-order valence-electron chi connectivity index (χ0n) is 15.3. The third-order valence-corrected chi connectivity index (χ3v) is 4.54. The maximum atomic E-state index is 12.8. The van der Waals surface area contributed by atoms with Crippen molar-refractivity contribution in [3.8, 4) is 5.75 Å². The molecule has 0 spiro atoms. The summed E-state index contributed by atoms with van der Waals surface area (Å²) in [5.74, 6) is 0.486. The molecule has 144 valence electrons. The van der Waals surface area contributed by atoms with E-state index in [1.807, 2.05) is 24.3 Å². The highest BCUT2D eigenvalue weighted by molar-refractivity contribution is 5.87. The molecule has 8 nitrogen and oxygen atoms in total. The molecular weight excluding hydrogens is 348 g/mol. The fraction of sp³-hybridized carbons (Fsp3) is 0.421. The molecule has 27 heavy (non-hydrogen) atoms. The zero-order chi connectivity index (χ0) is 19.1. The van der Waals surface area contributed by atoms with Crippen molar-refractivity contribution in [2.24, 2.45) is 0 Å². The number of carbonyl (C=O) groups is 2. The van der Waals surface area contributed by atoms with Crippen molar-refractivity contribution < 1.29 is 19.1 Å². The molecule has 8 heteroatoms. The lowest BCUT2D eigenvalue weighted by molar-refractivity contribution is -0.139. The van der Waals surface area contributed by atoms with Gasteiger partial charge in [0.15, 0.2) is 0 Å². The second kappa shape index (κ2) is 9.18. The van der Waals surface area contributed by atoms with Crippen molar-refractivity contribution >= 4 is 11.8 Å². The van der Waals surface area contributed by atoms with Crippen LogP contribution in [0, 0.1) is 0 Å². The van der Waals surface area contributed by atoms with E-state index in [9.17, 15) is 9.59 Å². The van der Waals surface area contributed by atoms with E-state index in [0.29, 0.717) is 32.8 Å². The molecule has 1 unspecified atom stereocenters. The first-order valence-corrected chi connectivity index (χ1v) is 8.91. The van der Waals surface area contributed by atoms with Crippen LogP contribution in [0.4, 0.5) is 0 Å². The summed E-state index contributed by atoms with van der Waals surface area (Å²) in [5.41, 5.74) is 0.952. The standard InChI is InChI=1S/C19H24N4O4/c1-26-16-4-2-15(3-5-16)13-21-19(25)17(23-7-6-20-14-23)12-18(24)22-8-10-27-11-9-22/h2-7,14,17H,8-13H2,1H3,(H,21,25). The number of hydrogen-bond donors (Lipinski definition) is 1. The van der Waals surface area contributed by atoms with E-state index in [2.05, 4.69) is 10.3 Å². The average molecular weight is 372 g/mol. The first-order valence-electron chi connectivity index (χ1n) is 8.91. The summed E-state index contributed by atoms with van der Waals surface area (Å²) in [4.78, 5) is 31.1. The Labute approximate surface area is 158 Å². The number of carbonyl (C=O) groups excluding carboxylic acids is 2. The Kier molecular flexibility index (Phi) is 6.43. The summed E-state index contributed by atoms with van der Waals surface area (Å²) in [7, 11) is 1.61. The fourth-order valence-electron chi connectivity index (χ4n) is 2.94. The number of amides is 2. The Bertz CT molecular complexity index is 740. The van der Waals surface area contributed by atoms with Crippen molar-refractivity contribution in [2.45, 2.75) is 19.0 Å². The Morgan fingerprint density at radius 2 is 2.00 bits per heavy atom. The lowest BCUT2D eigenvalue weighted by atomic mass is 10.1. The lowest BCUT2D eigenvalue weighted by Gasteiger charge is -2.28. The molecule has 1 N–H and O–H groups in total. The number of rotatable bonds is 7. The van der Waals surface area contributed by atoms with Crippen molar-refractivity contribution in [3.05, 3.63) is 48.5 Å². The molecule has 1 fully saturated rings. The van der Waals surface area contributed by atoms with Crippen LogP contribution in [-0.4, -0.2) is 59.7 Å². The number of ether oxygens (including phenoxy) is 2. The monoisotopic (exact) mass is 372 g/mol. The number of nitrogens with zero attached hydrogens (tertiary/aromatic N) is 3. The third-order valence-electron chi connectivity index (χ3n) is 4.54. The second-order valence-electron chi connectivity index (χ2n) is 6.29. The SMILES string of the molecule is COc1ccc(CNC(=O)C(CC(=O)N2CCOCC2)n2ccnc2)cc1. The molecule has 1 saturated heterocycles. The van der Waals surface area contributed by atoms with Crippen molar-refractivity contribution in [3.63, 3.8) is 0 Å². The van der Waals surface area contributed by atoms with Crippen LogP contribution in [0.3, 0.4) is 0 Å². The summed E-state index contributed by atoms with van der Waals surface area (Å²) in [5, 5.41) is 2.91. The van der Waals surface area contributed by atoms with Gasteiger partial charge in [-0.1, -0.05) is 12.1 Å². The van der Waals surface area contributed by atoms with Gasteiger partial charge in [0, 0.05) is 32.0 Å². The molecule has 0 radical (unpaired) electrons. The van der Waals surface area contributed by atoms with Crippen LogP contribution in [0.2, 0.25) is 0 Å². The maximum Gasteiger partial charge on any atom is 0.243 e. The number of nitrogens with one attached hydrogen (secondary N) is 1. The summed E-state index contributed by atoms with van der Waals surface area (Å²) < 4.78 is 12.1. The Morgan fingerprint density at radius 3 is 2.63 bits per heavy atom. The molecule has 0 saturated carbocycles. The van der Waals surface area contributed by atoms with Crippen LogP contribution in [0.1, 0.15) is 18.0 Å². The summed E-state index contributed by atoms with van der Waals surface area (Å²) >= 11 is 0. The molecule has 2 amide bonds. The largest absolute Gasteiger partial charge is 0.497 e. The van der Waals surface area contributed by atoms with Gasteiger partial charge in [-0.25, -0.2) is 4.98 Å². The topological polar surface area (TPSA) is 85.7 Å². The number of hydrogen-bond acceptors (Lipinski definition) is 5. The fourth-order valence-corrected chi connectivity index (χ4v) is 2.94. The van der Waals surface area contributed by atoms with Crippen LogP contribution in [-0.2, 0) is 20.9 Å². The van der Waals surface area contributed by atoms with Crippen LogP contribution in [0.25, 0.3) is 0 Å². The number of aromatic nitrogens is 2. The van der Waals surface area contributed by atoms with Gasteiger partial charge in [0.05, 0.1) is 33.1 Å². The molecule has 1 aromatic heterocycles. The maximum absolute atomic E-state index is 12.8. The number of imidazole rings is 1. The molecule has 1 atom stereocenters. The molecule has 2 heterocycles. The van der Waals surface area contributed by atoms with Gasteiger partial charge in [0.2, 0.25) is 11.8 Å². The molecule has 1 aromatic carbocycles. The molecule has 2 aromatic rings. The predicted octanol–water partition coefficient (Wildman–Crippen LogP) is 0.998. The van der Waals surface area contributed by atoms with E-state index < -0.39 is 6.04 Å². The molecule has 3 rings (SSSR count). The van der Waals surface area contributed by atoms with E-state index in [4.69, 9.17) is 9.47 Å². The smallest absolute Gasteiger partial charge is 0.243 e. The van der Waals surface area contributed by atoms with Crippen molar-refractivity contribution in [2.75, 3.05) is 33.4 Å². The van der Waals surface area contributed by atoms with E-state index in [0.717, 1.165) is 11.3 Å². The second-order valence-corrected chi connectivity index (χ2v) is 6.29. The summed E-state index contributed by atoms with van der Waals surface area (Å²) in [6.07, 6.45) is 4.95. The van der Waals surface area contributed by atoms with Crippen LogP contribution in [0.5, 0.6) is 5.75 Å². The normalized spacial score (nSPS) is 15.2. The molecule has 0 aliphatic carbocycles. The van der Waals surface area contributed by atoms with Gasteiger partial charge in [0.1, 0.15) is 11.8 Å². The molecule has 1 aliphatic heterocycles. The van der Waals surface area contributed by atoms with E-state index in [1.165, 1.54) is 0 Å². The number of benzene rings is 1. The van der Waals surface area contributed by atoms with Crippen LogP contribution < -0.4 is 10.1 Å². The number of methoxy groups -OCH3 is 1. The van der Waals surface area contributed by atoms with Crippen LogP contribution in [0.15, 0.2) is 43.0 Å². The van der Waals surface area contributed by atoms with Crippen LogP contribution >= 0.6 is 0 Å². The first kappa shape index (κ1) is 18.9. The Hall–Kier alpha value is -2.87. The molecular formula is C19H24N4O4. The van der Waals surface area contributed by atoms with Gasteiger partial charge in [-0.2, -0.15) is 0 Å². The third kappa shape index (κ3) is 5.07. The van der Waals surface area contributed by atoms with Crippen molar-refractivity contribution in [1.82, 2.24) is 19.8 Å². The van der Waals surface area contributed by atoms with Gasteiger partial charge in [-0.3, -0.25) is 9.59 Å². The van der Waals surface area contributed by atoms with Gasteiger partial charge in [0.25, 0.3) is 0 Å². The highest BCUT2D eigenvalue weighted by Gasteiger charge is 2.26. The van der Waals surface area contributed by atoms with E-state index >= 15 is 0 Å². The minimum atomic E-state index is -0.638. The Morgan fingerprint density at radius 1 is 1.26 bits per heavy atom. The van der Waals surface area contributed by atoms with E-state index in [-0.39, 0.29) is 18.2 Å². The Balaban J connectivity index is 1.63. The van der Waals surface area contributed by atoms with Gasteiger partial charge < -0.3 is 24.3 Å². The zero-order valence-corrected chi connectivity index (χ0v) is 15.3. The average Bonchev–Trinajstić information content (AvgIpc) is 3.25.